The normalized spacial score (nSPS) is 14.9. The molecule has 0 aromatic carbocycles. The fourth-order valence-electron chi connectivity index (χ4n) is 3.69. The van der Waals surface area contributed by atoms with Crippen LogP contribution in [0.15, 0.2) is 12.4 Å². The summed E-state index contributed by atoms with van der Waals surface area (Å²) in [5.74, 6) is 0.659. The quantitative estimate of drug-likeness (QED) is 0.495. The van der Waals surface area contributed by atoms with E-state index in [9.17, 15) is 23.1 Å². The lowest BCUT2D eigenvalue weighted by molar-refractivity contribution is -0.140. The number of hydrogen-bond donors (Lipinski definition) is 1. The van der Waals surface area contributed by atoms with Gasteiger partial charge >= 0.3 is 12.3 Å². The largest absolute Gasteiger partial charge is 0.465 e. The molecule has 1 aliphatic heterocycles. The van der Waals surface area contributed by atoms with E-state index in [2.05, 4.69) is 24.9 Å². The molecule has 1 saturated heterocycles. The summed E-state index contributed by atoms with van der Waals surface area (Å²) in [5, 5.41) is 9.15. The van der Waals surface area contributed by atoms with Gasteiger partial charge in [-0.3, -0.25) is 9.47 Å². The molecule has 0 atom stereocenters. The molecule has 1 N–H and O–H groups in total. The third-order valence-electron chi connectivity index (χ3n) is 5.48. The third kappa shape index (κ3) is 5.59. The fourth-order valence-corrected chi connectivity index (χ4v) is 3.91. The number of nitrogens with zero attached hydrogens (tertiary/aromatic N) is 8. The molecule has 194 valence electrons. The predicted octanol–water partition coefficient (Wildman–Crippen LogP) is 3.61. The Kier molecular flexibility index (Phi) is 6.92. The first kappa shape index (κ1) is 25.8. The van der Waals surface area contributed by atoms with Crippen molar-refractivity contribution in [2.24, 2.45) is 0 Å². The lowest BCUT2D eigenvalue weighted by atomic mass is 10.1. The van der Waals surface area contributed by atoms with Crippen LogP contribution in [0.25, 0.3) is 22.6 Å². The summed E-state index contributed by atoms with van der Waals surface area (Å²) in [6.45, 7) is 5.60. The van der Waals surface area contributed by atoms with Gasteiger partial charge in [-0.05, 0) is 32.4 Å². The summed E-state index contributed by atoms with van der Waals surface area (Å²) in [6.07, 6.45) is -2.85. The lowest BCUT2D eigenvalue weighted by Crippen LogP contribution is -2.44. The molecule has 3 aromatic rings. The molecule has 4 heterocycles. The summed E-state index contributed by atoms with van der Waals surface area (Å²) in [5.41, 5.74) is -0.262. The molecule has 3 aromatic heterocycles. The number of hydrogen-bond acceptors (Lipinski definition) is 8. The molecule has 15 heteroatoms. The first-order chi connectivity index (χ1) is 16.8. The number of carbonyl (C=O) groups is 1. The fraction of sp³-hybridized carbons (Fsp3) is 0.524. The maximum atomic E-state index is 13.3. The molecule has 1 fully saturated rings. The van der Waals surface area contributed by atoms with E-state index >= 15 is 0 Å². The van der Waals surface area contributed by atoms with Gasteiger partial charge in [0.05, 0.1) is 25.3 Å². The van der Waals surface area contributed by atoms with Crippen molar-refractivity contribution in [3.8, 4) is 11.4 Å². The van der Waals surface area contributed by atoms with Crippen molar-refractivity contribution >= 4 is 34.7 Å². The maximum Gasteiger partial charge on any atom is 0.408 e. The highest BCUT2D eigenvalue weighted by Gasteiger charge is 2.32. The Morgan fingerprint density at radius 2 is 1.78 bits per heavy atom. The average molecular weight is 529 g/mol. The van der Waals surface area contributed by atoms with Crippen molar-refractivity contribution in [2.75, 3.05) is 31.2 Å². The number of halogens is 4. The number of imidazole rings is 1. The molecule has 0 radical (unpaired) electrons. The Labute approximate surface area is 208 Å². The Hall–Kier alpha value is -3.26. The minimum Gasteiger partial charge on any atom is -0.465 e. The Morgan fingerprint density at radius 3 is 2.33 bits per heavy atom. The van der Waals surface area contributed by atoms with Gasteiger partial charge in [-0.15, -0.1) is 0 Å². The van der Waals surface area contributed by atoms with Crippen molar-refractivity contribution < 1.29 is 27.8 Å². The van der Waals surface area contributed by atoms with Gasteiger partial charge in [0.1, 0.15) is 12.4 Å². The number of amides is 1. The number of aromatic nitrogens is 6. The Balaban J connectivity index is 1.76. The van der Waals surface area contributed by atoms with Crippen molar-refractivity contribution in [1.29, 1.82) is 0 Å². The van der Waals surface area contributed by atoms with E-state index in [1.54, 1.807) is 20.8 Å². The highest BCUT2D eigenvalue weighted by Crippen LogP contribution is 2.32. The van der Waals surface area contributed by atoms with Crippen LogP contribution in [0.1, 0.15) is 26.6 Å². The molecule has 0 bridgehead atoms. The number of rotatable bonds is 5. The molecule has 11 nitrogen and oxygen atoms in total. The van der Waals surface area contributed by atoms with Crippen molar-refractivity contribution in [3.63, 3.8) is 0 Å². The number of fused-ring (bicyclic) bond motifs is 1. The van der Waals surface area contributed by atoms with Crippen molar-refractivity contribution in [2.45, 2.75) is 45.6 Å². The number of ether oxygens (including phenoxy) is 1. The standard InChI is InChI=1S/C21H24ClF3N8O3/c1-20(2,3)33(19(34)35)10-13-26-8-12(9-27-13)15-29-16(31-4-6-36-7-5-31)14-17(30-15)32(18(22)28-14)11-21(23,24)25/h8-9H,4-7,10-11H2,1-3H3,(H,34,35). The highest BCUT2D eigenvalue weighted by molar-refractivity contribution is 6.29. The van der Waals surface area contributed by atoms with Crippen LogP contribution in [0.5, 0.6) is 0 Å². The van der Waals surface area contributed by atoms with Crippen molar-refractivity contribution in [1.82, 2.24) is 34.4 Å². The smallest absolute Gasteiger partial charge is 0.408 e. The molecular weight excluding hydrogens is 505 g/mol. The number of morpholine rings is 1. The molecule has 0 aliphatic carbocycles. The van der Waals surface area contributed by atoms with E-state index in [1.165, 1.54) is 17.3 Å². The number of anilines is 1. The van der Waals surface area contributed by atoms with E-state index in [0.717, 1.165) is 4.57 Å². The highest BCUT2D eigenvalue weighted by atomic mass is 35.5. The van der Waals surface area contributed by atoms with E-state index in [-0.39, 0.29) is 34.6 Å². The van der Waals surface area contributed by atoms with Crippen molar-refractivity contribution in [3.05, 3.63) is 23.5 Å². The van der Waals surface area contributed by atoms with Gasteiger partial charge in [0.25, 0.3) is 0 Å². The topological polar surface area (TPSA) is 122 Å². The van der Waals surface area contributed by atoms with Crippen LogP contribution in [0.3, 0.4) is 0 Å². The minimum atomic E-state index is -4.55. The van der Waals surface area contributed by atoms with Crippen LogP contribution < -0.4 is 4.90 Å². The average Bonchev–Trinajstić information content (AvgIpc) is 3.10. The monoisotopic (exact) mass is 528 g/mol. The zero-order valence-corrected chi connectivity index (χ0v) is 20.5. The van der Waals surface area contributed by atoms with Crippen LogP contribution in [0.2, 0.25) is 5.28 Å². The summed E-state index contributed by atoms with van der Waals surface area (Å²) in [4.78, 5) is 36.2. The second-order valence-electron chi connectivity index (χ2n) is 9.15. The SMILES string of the molecule is CC(C)(C)N(Cc1ncc(-c2nc(N3CCOCC3)c3nc(Cl)n(CC(F)(F)F)c3n2)cn1)C(=O)O. The molecule has 0 unspecified atom stereocenters. The van der Waals surface area contributed by atoms with Crippen LogP contribution in [0, 0.1) is 0 Å². The van der Waals surface area contributed by atoms with E-state index < -0.39 is 24.4 Å². The molecular formula is C21H24ClF3N8O3. The second kappa shape index (κ2) is 9.65. The van der Waals surface area contributed by atoms with Gasteiger partial charge in [0.15, 0.2) is 22.8 Å². The van der Waals surface area contributed by atoms with Gasteiger partial charge in [-0.2, -0.15) is 13.2 Å². The molecule has 0 saturated carbocycles. The summed E-state index contributed by atoms with van der Waals surface area (Å²) in [6, 6.07) is 0. The van der Waals surface area contributed by atoms with Gasteiger partial charge in [-0.25, -0.2) is 29.7 Å². The van der Waals surface area contributed by atoms with E-state index in [0.29, 0.717) is 37.7 Å². The van der Waals surface area contributed by atoms with E-state index in [4.69, 9.17) is 16.3 Å². The van der Waals surface area contributed by atoms with Gasteiger partial charge in [0.2, 0.25) is 5.28 Å². The Bertz CT molecular complexity index is 1250. The van der Waals surface area contributed by atoms with Gasteiger partial charge in [0, 0.05) is 31.0 Å². The minimum absolute atomic E-state index is 0.0496. The molecule has 36 heavy (non-hydrogen) atoms. The Morgan fingerprint density at radius 1 is 1.14 bits per heavy atom. The predicted molar refractivity (Wildman–Crippen MR) is 124 cm³/mol. The summed E-state index contributed by atoms with van der Waals surface area (Å²) < 4.78 is 45.9. The van der Waals surface area contributed by atoms with Crippen LogP contribution in [-0.4, -0.2) is 83.6 Å². The summed E-state index contributed by atoms with van der Waals surface area (Å²) >= 11 is 6.08. The maximum absolute atomic E-state index is 13.3. The van der Waals surface area contributed by atoms with Gasteiger partial charge in [-0.1, -0.05) is 0 Å². The van der Waals surface area contributed by atoms with Crippen LogP contribution in [0.4, 0.5) is 23.8 Å². The zero-order chi connectivity index (χ0) is 26.3. The van der Waals surface area contributed by atoms with E-state index in [1.807, 2.05) is 4.90 Å². The number of carboxylic acid groups (broad SMARTS) is 1. The second-order valence-corrected chi connectivity index (χ2v) is 9.49. The van der Waals surface area contributed by atoms with Crippen LogP contribution in [-0.2, 0) is 17.8 Å². The molecule has 1 amide bonds. The zero-order valence-electron chi connectivity index (χ0n) is 19.8. The molecule has 4 rings (SSSR count). The first-order valence-electron chi connectivity index (χ1n) is 11.0. The summed E-state index contributed by atoms with van der Waals surface area (Å²) in [7, 11) is 0. The first-order valence-corrected chi connectivity index (χ1v) is 11.4. The third-order valence-corrected chi connectivity index (χ3v) is 5.77. The lowest BCUT2D eigenvalue weighted by Gasteiger charge is -2.32. The molecule has 1 aliphatic rings. The van der Waals surface area contributed by atoms with Gasteiger partial charge < -0.3 is 14.7 Å². The number of alkyl halides is 3. The van der Waals surface area contributed by atoms with Crippen LogP contribution >= 0.6 is 11.6 Å². The molecule has 0 spiro atoms.